The zero-order valence-electron chi connectivity index (χ0n) is 12.3. The summed E-state index contributed by atoms with van der Waals surface area (Å²) in [4.78, 5) is 14.5. The Labute approximate surface area is 124 Å². The van der Waals surface area contributed by atoms with E-state index in [1.165, 1.54) is 20.9 Å². The molecule has 2 amide bonds. The average molecular weight is 288 g/mol. The van der Waals surface area contributed by atoms with E-state index in [1.807, 2.05) is 38.1 Å². The molecule has 0 aliphatic rings. The minimum absolute atomic E-state index is 0.00500. The van der Waals surface area contributed by atoms with Crippen molar-refractivity contribution in [1.29, 1.82) is 0 Å². The Balaban J connectivity index is 1.97. The number of urea groups is 1. The Morgan fingerprint density at radius 1 is 1.15 bits per heavy atom. The SMILES string of the molecule is Cc1ccc(NC(=O)N[C@@H](C)c2cc(C)sc2C)cc1. The highest BCUT2D eigenvalue weighted by molar-refractivity contribution is 7.12. The van der Waals surface area contributed by atoms with E-state index in [2.05, 4.69) is 30.5 Å². The molecule has 4 heteroatoms. The molecule has 0 fully saturated rings. The number of rotatable bonds is 3. The molecule has 1 aromatic carbocycles. The number of anilines is 1. The van der Waals surface area contributed by atoms with E-state index in [1.54, 1.807) is 11.3 Å². The second-order valence-corrected chi connectivity index (χ2v) is 6.52. The molecule has 0 saturated carbocycles. The van der Waals surface area contributed by atoms with Crippen molar-refractivity contribution in [2.75, 3.05) is 5.32 Å². The van der Waals surface area contributed by atoms with Crippen LogP contribution in [0.2, 0.25) is 0 Å². The lowest BCUT2D eigenvalue weighted by Crippen LogP contribution is -2.31. The second kappa shape index (κ2) is 6.09. The molecule has 3 nitrogen and oxygen atoms in total. The van der Waals surface area contributed by atoms with Crippen LogP contribution in [0.4, 0.5) is 10.5 Å². The van der Waals surface area contributed by atoms with Crippen LogP contribution in [0.5, 0.6) is 0 Å². The van der Waals surface area contributed by atoms with E-state index < -0.39 is 0 Å². The molecule has 0 unspecified atom stereocenters. The van der Waals surface area contributed by atoms with Crippen molar-refractivity contribution >= 4 is 23.1 Å². The maximum atomic E-state index is 12.0. The van der Waals surface area contributed by atoms with Crippen molar-refractivity contribution in [3.8, 4) is 0 Å². The number of hydrogen-bond donors (Lipinski definition) is 2. The summed E-state index contributed by atoms with van der Waals surface area (Å²) in [6, 6.07) is 9.72. The molecular weight excluding hydrogens is 268 g/mol. The monoisotopic (exact) mass is 288 g/mol. The molecule has 0 radical (unpaired) electrons. The highest BCUT2D eigenvalue weighted by atomic mass is 32.1. The Hall–Kier alpha value is -1.81. The Bertz CT molecular complexity index is 601. The third-order valence-corrected chi connectivity index (χ3v) is 4.18. The van der Waals surface area contributed by atoms with Crippen LogP contribution in [0, 0.1) is 20.8 Å². The van der Waals surface area contributed by atoms with Crippen LogP contribution in [0.25, 0.3) is 0 Å². The van der Waals surface area contributed by atoms with Gasteiger partial charge in [0.05, 0.1) is 6.04 Å². The fourth-order valence-electron chi connectivity index (χ4n) is 2.16. The van der Waals surface area contributed by atoms with Gasteiger partial charge in [-0.05, 0) is 51.5 Å². The molecule has 1 aromatic heterocycles. The molecule has 2 rings (SSSR count). The number of hydrogen-bond acceptors (Lipinski definition) is 2. The lowest BCUT2D eigenvalue weighted by molar-refractivity contribution is 0.249. The van der Waals surface area contributed by atoms with E-state index in [4.69, 9.17) is 0 Å². The summed E-state index contributed by atoms with van der Waals surface area (Å²) >= 11 is 1.76. The summed E-state index contributed by atoms with van der Waals surface area (Å²) in [5, 5.41) is 5.82. The van der Waals surface area contributed by atoms with Gasteiger partial charge in [-0.2, -0.15) is 0 Å². The summed E-state index contributed by atoms with van der Waals surface area (Å²) in [6.45, 7) is 8.19. The first-order valence-corrected chi connectivity index (χ1v) is 7.48. The number of carbonyl (C=O) groups excluding carboxylic acids is 1. The molecule has 0 spiro atoms. The fraction of sp³-hybridized carbons (Fsp3) is 0.312. The van der Waals surface area contributed by atoms with Gasteiger partial charge in [0.15, 0.2) is 0 Å². The van der Waals surface area contributed by atoms with Crippen LogP contribution in [-0.4, -0.2) is 6.03 Å². The lowest BCUT2D eigenvalue weighted by Gasteiger charge is -2.15. The summed E-state index contributed by atoms with van der Waals surface area (Å²) < 4.78 is 0. The quantitative estimate of drug-likeness (QED) is 0.854. The van der Waals surface area contributed by atoms with Crippen molar-refractivity contribution in [2.45, 2.75) is 33.7 Å². The zero-order chi connectivity index (χ0) is 14.7. The highest BCUT2D eigenvalue weighted by Crippen LogP contribution is 2.26. The van der Waals surface area contributed by atoms with Crippen molar-refractivity contribution in [3.63, 3.8) is 0 Å². The molecule has 2 N–H and O–H groups in total. The van der Waals surface area contributed by atoms with Crippen LogP contribution in [0.1, 0.15) is 33.8 Å². The van der Waals surface area contributed by atoms with Crippen LogP contribution < -0.4 is 10.6 Å². The average Bonchev–Trinajstić information content (AvgIpc) is 2.71. The van der Waals surface area contributed by atoms with Gasteiger partial charge >= 0.3 is 6.03 Å². The van der Waals surface area contributed by atoms with Crippen molar-refractivity contribution < 1.29 is 4.79 Å². The molecule has 0 aliphatic carbocycles. The number of thiophene rings is 1. The third-order valence-electron chi connectivity index (χ3n) is 3.20. The summed E-state index contributed by atoms with van der Waals surface area (Å²) in [5.41, 5.74) is 3.17. The largest absolute Gasteiger partial charge is 0.331 e. The first kappa shape index (κ1) is 14.6. The van der Waals surface area contributed by atoms with E-state index in [0.29, 0.717) is 0 Å². The predicted molar refractivity (Wildman–Crippen MR) is 85.5 cm³/mol. The molecule has 1 heterocycles. The lowest BCUT2D eigenvalue weighted by atomic mass is 10.1. The molecule has 0 bridgehead atoms. The zero-order valence-corrected chi connectivity index (χ0v) is 13.1. The van der Waals surface area contributed by atoms with Crippen LogP contribution in [-0.2, 0) is 0 Å². The molecule has 0 aliphatic heterocycles. The van der Waals surface area contributed by atoms with Crippen LogP contribution >= 0.6 is 11.3 Å². The number of nitrogens with one attached hydrogen (secondary N) is 2. The van der Waals surface area contributed by atoms with Gasteiger partial charge in [-0.3, -0.25) is 0 Å². The predicted octanol–water partition coefficient (Wildman–Crippen LogP) is 4.56. The summed E-state index contributed by atoms with van der Waals surface area (Å²) in [5.74, 6) is 0. The number of carbonyl (C=O) groups is 1. The van der Waals surface area contributed by atoms with Gasteiger partial charge in [0.25, 0.3) is 0 Å². The Morgan fingerprint density at radius 2 is 1.80 bits per heavy atom. The molecule has 0 saturated heterocycles. The van der Waals surface area contributed by atoms with Gasteiger partial charge in [0.2, 0.25) is 0 Å². The van der Waals surface area contributed by atoms with Crippen LogP contribution in [0.15, 0.2) is 30.3 Å². The highest BCUT2D eigenvalue weighted by Gasteiger charge is 2.13. The minimum Gasteiger partial charge on any atom is -0.331 e. The van der Waals surface area contributed by atoms with E-state index >= 15 is 0 Å². The standard InChI is InChI=1S/C16H20N2OS/c1-10-5-7-14(8-6-10)18-16(19)17-12(3)15-9-11(2)20-13(15)4/h5-9,12H,1-4H3,(H2,17,18,19)/t12-/m0/s1. The molecule has 20 heavy (non-hydrogen) atoms. The van der Waals surface area contributed by atoms with Crippen molar-refractivity contribution in [3.05, 3.63) is 51.2 Å². The van der Waals surface area contributed by atoms with Crippen LogP contribution in [0.3, 0.4) is 0 Å². The molecular formula is C16H20N2OS. The summed E-state index contributed by atoms with van der Waals surface area (Å²) in [7, 11) is 0. The maximum absolute atomic E-state index is 12.0. The van der Waals surface area contributed by atoms with E-state index in [-0.39, 0.29) is 12.1 Å². The minimum atomic E-state index is -0.176. The Morgan fingerprint density at radius 3 is 2.35 bits per heavy atom. The van der Waals surface area contributed by atoms with E-state index in [9.17, 15) is 4.79 Å². The van der Waals surface area contributed by atoms with Gasteiger partial charge in [-0.1, -0.05) is 17.7 Å². The molecule has 2 aromatic rings. The smallest absolute Gasteiger partial charge is 0.319 e. The maximum Gasteiger partial charge on any atom is 0.319 e. The number of benzene rings is 1. The van der Waals surface area contributed by atoms with Gasteiger partial charge in [0.1, 0.15) is 0 Å². The van der Waals surface area contributed by atoms with Gasteiger partial charge < -0.3 is 10.6 Å². The Kier molecular flexibility index (Phi) is 4.45. The van der Waals surface area contributed by atoms with E-state index in [0.717, 1.165) is 5.69 Å². The van der Waals surface area contributed by atoms with Crippen molar-refractivity contribution in [1.82, 2.24) is 5.32 Å². The summed E-state index contributed by atoms with van der Waals surface area (Å²) in [6.07, 6.45) is 0. The first-order chi connectivity index (χ1) is 9.45. The van der Waals surface area contributed by atoms with Gasteiger partial charge in [0, 0.05) is 15.4 Å². The second-order valence-electron chi connectivity index (χ2n) is 5.05. The molecule has 106 valence electrons. The van der Waals surface area contributed by atoms with Gasteiger partial charge in [-0.25, -0.2) is 4.79 Å². The molecule has 1 atom stereocenters. The fourth-order valence-corrected chi connectivity index (χ4v) is 3.18. The topological polar surface area (TPSA) is 41.1 Å². The third kappa shape index (κ3) is 3.61. The first-order valence-electron chi connectivity index (χ1n) is 6.67. The van der Waals surface area contributed by atoms with Crippen molar-refractivity contribution in [2.24, 2.45) is 0 Å². The number of aryl methyl sites for hydroxylation is 3. The number of amides is 2. The van der Waals surface area contributed by atoms with Gasteiger partial charge in [-0.15, -0.1) is 11.3 Å². The normalized spacial score (nSPS) is 12.0.